The zero-order valence-corrected chi connectivity index (χ0v) is 14.6. The number of nitrogens with zero attached hydrogens (tertiary/aromatic N) is 1. The van der Waals surface area contributed by atoms with Crippen molar-refractivity contribution < 1.29 is 14.0 Å². The Morgan fingerprint density at radius 1 is 1.08 bits per heavy atom. The molecule has 1 unspecified atom stereocenters. The summed E-state index contributed by atoms with van der Waals surface area (Å²) in [4.78, 5) is 26.7. The Hall–Kier alpha value is -2.69. The lowest BCUT2D eigenvalue weighted by molar-refractivity contribution is -0.129. The topological polar surface area (TPSA) is 49.4 Å². The number of aryl methyl sites for hydroxylation is 3. The SMILES string of the molecule is Cc1ccc(NC(=O)C2CCN(c3ccc(F)c(C)c3)C2=O)cc1C. The van der Waals surface area contributed by atoms with Crippen molar-refractivity contribution in [2.24, 2.45) is 5.92 Å². The van der Waals surface area contributed by atoms with Gasteiger partial charge in [-0.1, -0.05) is 6.07 Å². The fourth-order valence-electron chi connectivity index (χ4n) is 3.02. The Bertz CT molecular complexity index is 848. The number of halogens is 1. The monoisotopic (exact) mass is 340 g/mol. The van der Waals surface area contributed by atoms with Gasteiger partial charge in [0.05, 0.1) is 0 Å². The summed E-state index contributed by atoms with van der Waals surface area (Å²) in [6, 6.07) is 10.2. The lowest BCUT2D eigenvalue weighted by Gasteiger charge is -2.17. The number of nitrogens with one attached hydrogen (secondary N) is 1. The smallest absolute Gasteiger partial charge is 0.239 e. The molecule has 2 amide bonds. The third-order valence-electron chi connectivity index (χ3n) is 4.75. The van der Waals surface area contributed by atoms with E-state index in [0.29, 0.717) is 29.9 Å². The molecular formula is C20H21FN2O2. The van der Waals surface area contributed by atoms with E-state index in [-0.39, 0.29) is 17.6 Å². The van der Waals surface area contributed by atoms with Crippen molar-refractivity contribution in [1.82, 2.24) is 0 Å². The Labute approximate surface area is 146 Å². The summed E-state index contributed by atoms with van der Waals surface area (Å²) >= 11 is 0. The van der Waals surface area contributed by atoms with E-state index in [0.717, 1.165) is 11.1 Å². The van der Waals surface area contributed by atoms with Gasteiger partial charge < -0.3 is 10.2 Å². The second-order valence-electron chi connectivity index (χ2n) is 6.55. The van der Waals surface area contributed by atoms with Crippen LogP contribution < -0.4 is 10.2 Å². The molecule has 5 heteroatoms. The summed E-state index contributed by atoms with van der Waals surface area (Å²) in [6.07, 6.45) is 0.450. The quantitative estimate of drug-likeness (QED) is 0.865. The molecule has 0 bridgehead atoms. The first kappa shape index (κ1) is 17.1. The largest absolute Gasteiger partial charge is 0.325 e. The molecule has 1 fully saturated rings. The van der Waals surface area contributed by atoms with E-state index in [1.165, 1.54) is 6.07 Å². The van der Waals surface area contributed by atoms with Gasteiger partial charge in [-0.3, -0.25) is 9.59 Å². The summed E-state index contributed by atoms with van der Waals surface area (Å²) in [6.45, 7) is 6.09. The van der Waals surface area contributed by atoms with Gasteiger partial charge in [0.2, 0.25) is 11.8 Å². The third kappa shape index (κ3) is 3.40. The number of amides is 2. The van der Waals surface area contributed by atoms with Crippen LogP contribution in [-0.4, -0.2) is 18.4 Å². The van der Waals surface area contributed by atoms with Crippen molar-refractivity contribution in [3.05, 3.63) is 58.9 Å². The number of hydrogen-bond donors (Lipinski definition) is 1. The van der Waals surface area contributed by atoms with E-state index >= 15 is 0 Å². The van der Waals surface area contributed by atoms with Crippen molar-refractivity contribution in [2.45, 2.75) is 27.2 Å². The Morgan fingerprint density at radius 3 is 2.52 bits per heavy atom. The molecule has 130 valence electrons. The lowest BCUT2D eigenvalue weighted by atomic mass is 10.1. The van der Waals surface area contributed by atoms with Crippen molar-refractivity contribution in [3.8, 4) is 0 Å². The van der Waals surface area contributed by atoms with Crippen LogP contribution in [0.1, 0.15) is 23.1 Å². The van der Waals surface area contributed by atoms with Crippen molar-refractivity contribution >= 4 is 23.2 Å². The highest BCUT2D eigenvalue weighted by molar-refractivity contribution is 6.13. The molecule has 2 aromatic carbocycles. The number of carbonyl (C=O) groups is 2. The van der Waals surface area contributed by atoms with E-state index in [4.69, 9.17) is 0 Å². The van der Waals surface area contributed by atoms with E-state index < -0.39 is 5.92 Å². The minimum atomic E-state index is -0.716. The van der Waals surface area contributed by atoms with Crippen LogP contribution in [0, 0.1) is 32.5 Å². The second kappa shape index (κ2) is 6.67. The molecule has 4 nitrogen and oxygen atoms in total. The summed E-state index contributed by atoms with van der Waals surface area (Å²) < 4.78 is 13.4. The van der Waals surface area contributed by atoms with Crippen molar-refractivity contribution in [3.63, 3.8) is 0 Å². The molecular weight excluding hydrogens is 319 g/mol. The van der Waals surface area contributed by atoms with Gasteiger partial charge in [-0.15, -0.1) is 0 Å². The van der Waals surface area contributed by atoms with Gasteiger partial charge in [-0.2, -0.15) is 0 Å². The number of benzene rings is 2. The van der Waals surface area contributed by atoms with Gasteiger partial charge in [0.15, 0.2) is 0 Å². The van der Waals surface area contributed by atoms with Crippen LogP contribution in [0.3, 0.4) is 0 Å². The Morgan fingerprint density at radius 2 is 1.84 bits per heavy atom. The van der Waals surface area contributed by atoms with Crippen molar-refractivity contribution in [2.75, 3.05) is 16.8 Å². The number of carbonyl (C=O) groups excluding carboxylic acids is 2. The summed E-state index contributed by atoms with van der Waals surface area (Å²) in [5, 5.41) is 2.83. The predicted molar refractivity (Wildman–Crippen MR) is 96.1 cm³/mol. The molecule has 1 aliphatic rings. The summed E-state index contributed by atoms with van der Waals surface area (Å²) in [5.74, 6) is -1.56. The number of rotatable bonds is 3. The van der Waals surface area contributed by atoms with Gasteiger partial charge >= 0.3 is 0 Å². The zero-order valence-electron chi connectivity index (χ0n) is 14.6. The van der Waals surface area contributed by atoms with Crippen LogP contribution in [0.5, 0.6) is 0 Å². The molecule has 0 radical (unpaired) electrons. The summed E-state index contributed by atoms with van der Waals surface area (Å²) in [5.41, 5.74) is 4.03. The molecule has 1 aliphatic heterocycles. The molecule has 1 atom stereocenters. The molecule has 25 heavy (non-hydrogen) atoms. The molecule has 0 aliphatic carbocycles. The highest BCUT2D eigenvalue weighted by Gasteiger charge is 2.37. The van der Waals surface area contributed by atoms with E-state index in [2.05, 4.69) is 5.32 Å². The van der Waals surface area contributed by atoms with Crippen LogP contribution in [0.25, 0.3) is 0 Å². The van der Waals surface area contributed by atoms with E-state index in [9.17, 15) is 14.0 Å². The highest BCUT2D eigenvalue weighted by Crippen LogP contribution is 2.27. The molecule has 0 saturated carbocycles. The highest BCUT2D eigenvalue weighted by atomic mass is 19.1. The molecule has 1 N–H and O–H groups in total. The number of hydrogen-bond acceptors (Lipinski definition) is 2. The maximum atomic E-state index is 13.4. The maximum Gasteiger partial charge on any atom is 0.239 e. The fraction of sp³-hybridized carbons (Fsp3) is 0.300. The van der Waals surface area contributed by atoms with Crippen LogP contribution in [0.2, 0.25) is 0 Å². The minimum absolute atomic E-state index is 0.243. The molecule has 0 aromatic heterocycles. The molecule has 2 aromatic rings. The third-order valence-corrected chi connectivity index (χ3v) is 4.75. The van der Waals surface area contributed by atoms with Gasteiger partial charge in [0.1, 0.15) is 11.7 Å². The second-order valence-corrected chi connectivity index (χ2v) is 6.55. The van der Waals surface area contributed by atoms with Crippen LogP contribution in [-0.2, 0) is 9.59 Å². The van der Waals surface area contributed by atoms with E-state index in [1.54, 1.807) is 24.0 Å². The average Bonchev–Trinajstić information content (AvgIpc) is 2.95. The lowest BCUT2D eigenvalue weighted by Crippen LogP contribution is -2.33. The van der Waals surface area contributed by atoms with Crippen molar-refractivity contribution in [1.29, 1.82) is 0 Å². The molecule has 0 spiro atoms. The molecule has 1 saturated heterocycles. The normalized spacial score (nSPS) is 17.0. The zero-order chi connectivity index (χ0) is 18.1. The van der Waals surface area contributed by atoms with Crippen LogP contribution in [0.4, 0.5) is 15.8 Å². The van der Waals surface area contributed by atoms with Gasteiger partial charge in [0, 0.05) is 17.9 Å². The van der Waals surface area contributed by atoms with Gasteiger partial charge in [0.25, 0.3) is 0 Å². The number of anilines is 2. The molecule has 1 heterocycles. The van der Waals surface area contributed by atoms with Gasteiger partial charge in [-0.05, 0) is 74.2 Å². The first-order chi connectivity index (χ1) is 11.9. The Kier molecular flexibility index (Phi) is 4.57. The first-order valence-corrected chi connectivity index (χ1v) is 8.32. The summed E-state index contributed by atoms with van der Waals surface area (Å²) in [7, 11) is 0. The average molecular weight is 340 g/mol. The van der Waals surface area contributed by atoms with Gasteiger partial charge in [-0.25, -0.2) is 4.39 Å². The van der Waals surface area contributed by atoms with Crippen LogP contribution in [0.15, 0.2) is 36.4 Å². The maximum absolute atomic E-state index is 13.4. The standard InChI is InChI=1S/C20H21FN2O2/c1-12-4-5-15(10-13(12)2)22-19(24)17-8-9-23(20(17)25)16-6-7-18(21)14(3)11-16/h4-7,10-11,17H,8-9H2,1-3H3,(H,22,24). The minimum Gasteiger partial charge on any atom is -0.325 e. The molecule has 3 rings (SSSR count). The first-order valence-electron chi connectivity index (χ1n) is 8.32. The fourth-order valence-corrected chi connectivity index (χ4v) is 3.02. The Balaban J connectivity index is 1.73. The predicted octanol–water partition coefficient (Wildman–Crippen LogP) is 3.74. The van der Waals surface area contributed by atoms with E-state index in [1.807, 2.05) is 32.0 Å². The van der Waals surface area contributed by atoms with Crippen LogP contribution >= 0.6 is 0 Å².